The van der Waals surface area contributed by atoms with Gasteiger partial charge in [-0.2, -0.15) is 13.2 Å². The second-order valence-corrected chi connectivity index (χ2v) is 5.31. The van der Waals surface area contributed by atoms with E-state index in [2.05, 4.69) is 0 Å². The van der Waals surface area contributed by atoms with Gasteiger partial charge in [-0.25, -0.2) is 0 Å². The van der Waals surface area contributed by atoms with E-state index in [1.807, 2.05) is 24.3 Å². The van der Waals surface area contributed by atoms with Crippen molar-refractivity contribution in [2.24, 2.45) is 0 Å². The molecule has 0 bridgehead atoms. The third kappa shape index (κ3) is 2.71. The number of rotatable bonds is 3. The molecule has 3 rings (SSSR count). The summed E-state index contributed by atoms with van der Waals surface area (Å²) in [5.74, 6) is -0.108. The Kier molecular flexibility index (Phi) is 3.32. The van der Waals surface area contributed by atoms with Crippen LogP contribution in [-0.2, 0) is 12.6 Å². The maximum atomic E-state index is 12.7. The third-order valence-corrected chi connectivity index (χ3v) is 3.90. The molecule has 4 heteroatoms. The average molecular weight is 290 g/mol. The van der Waals surface area contributed by atoms with Gasteiger partial charge in [-0.15, -0.1) is 0 Å². The molecule has 0 radical (unpaired) electrons. The van der Waals surface area contributed by atoms with Crippen molar-refractivity contribution in [2.45, 2.75) is 24.9 Å². The molecular weight excluding hydrogens is 277 g/mol. The molecule has 21 heavy (non-hydrogen) atoms. The van der Waals surface area contributed by atoms with Gasteiger partial charge in [0.15, 0.2) is 5.78 Å². The monoisotopic (exact) mass is 290 g/mol. The molecule has 0 N–H and O–H groups in total. The van der Waals surface area contributed by atoms with Crippen molar-refractivity contribution < 1.29 is 18.0 Å². The van der Waals surface area contributed by atoms with E-state index in [9.17, 15) is 18.0 Å². The van der Waals surface area contributed by atoms with E-state index in [0.29, 0.717) is 0 Å². The van der Waals surface area contributed by atoms with E-state index in [-0.39, 0.29) is 23.7 Å². The fourth-order valence-electron chi connectivity index (χ4n) is 2.76. The number of hydrogen-bond acceptors (Lipinski definition) is 1. The normalized spacial score (nSPS) is 17.0. The van der Waals surface area contributed by atoms with Crippen LogP contribution >= 0.6 is 0 Å². The molecule has 0 saturated heterocycles. The number of carbonyl (C=O) groups is 1. The Morgan fingerprint density at radius 2 is 1.86 bits per heavy atom. The lowest BCUT2D eigenvalue weighted by Crippen LogP contribution is -2.20. The highest BCUT2D eigenvalue weighted by Gasteiger charge is 2.32. The summed E-state index contributed by atoms with van der Waals surface area (Å²) in [6, 6.07) is 12.5. The summed E-state index contributed by atoms with van der Waals surface area (Å²) in [5.41, 5.74) is 1.72. The van der Waals surface area contributed by atoms with E-state index in [1.165, 1.54) is 17.7 Å². The van der Waals surface area contributed by atoms with E-state index >= 15 is 0 Å². The zero-order valence-corrected chi connectivity index (χ0v) is 11.2. The van der Waals surface area contributed by atoms with Crippen LogP contribution < -0.4 is 0 Å². The molecule has 1 aliphatic rings. The fraction of sp³-hybridized carbons (Fsp3) is 0.235. The zero-order chi connectivity index (χ0) is 15.0. The number of halogens is 3. The van der Waals surface area contributed by atoms with Crippen LogP contribution in [0.3, 0.4) is 0 Å². The van der Waals surface area contributed by atoms with Crippen molar-refractivity contribution in [2.75, 3.05) is 0 Å². The van der Waals surface area contributed by atoms with Crippen molar-refractivity contribution in [1.29, 1.82) is 0 Å². The van der Waals surface area contributed by atoms with Crippen LogP contribution in [0.4, 0.5) is 13.2 Å². The van der Waals surface area contributed by atoms with Crippen LogP contribution in [0.15, 0.2) is 48.5 Å². The smallest absolute Gasteiger partial charge is 0.294 e. The second-order valence-electron chi connectivity index (χ2n) is 5.31. The molecule has 1 atom stereocenters. The first-order valence-electron chi connectivity index (χ1n) is 6.73. The molecule has 0 fully saturated rings. The van der Waals surface area contributed by atoms with Crippen molar-refractivity contribution in [3.63, 3.8) is 0 Å². The summed E-state index contributed by atoms with van der Waals surface area (Å²) in [7, 11) is 0. The van der Waals surface area contributed by atoms with Crippen molar-refractivity contribution in [3.05, 3.63) is 70.8 Å². The minimum Gasteiger partial charge on any atom is -0.294 e. The first kappa shape index (κ1) is 13.9. The highest BCUT2D eigenvalue weighted by Crippen LogP contribution is 2.38. The highest BCUT2D eigenvalue weighted by molar-refractivity contribution is 5.97. The predicted octanol–water partition coefficient (Wildman–Crippen LogP) is 4.62. The van der Waals surface area contributed by atoms with E-state index in [0.717, 1.165) is 24.1 Å². The molecule has 0 aliphatic heterocycles. The van der Waals surface area contributed by atoms with Crippen LogP contribution in [0.5, 0.6) is 0 Å². The molecule has 0 spiro atoms. The molecule has 0 heterocycles. The lowest BCUT2D eigenvalue weighted by Gasteiger charge is -2.29. The van der Waals surface area contributed by atoms with Gasteiger partial charge in [0.05, 0.1) is 5.56 Å². The summed E-state index contributed by atoms with van der Waals surface area (Å²) < 4.78 is 38.0. The SMILES string of the molecule is O=C(CC1Cc2ccccc21)c1cccc(C(F)(F)F)c1. The minimum atomic E-state index is -4.42. The largest absolute Gasteiger partial charge is 0.416 e. The standard InChI is InChI=1S/C17H13F3O/c18-17(19,20)14-6-3-5-12(9-14)16(21)10-13-8-11-4-1-2-7-15(11)13/h1-7,9,13H,8,10H2. The maximum absolute atomic E-state index is 12.7. The molecule has 0 aromatic heterocycles. The predicted molar refractivity (Wildman–Crippen MR) is 73.3 cm³/mol. The van der Waals surface area contributed by atoms with Gasteiger partial charge in [0.2, 0.25) is 0 Å². The number of benzene rings is 2. The molecule has 1 aliphatic carbocycles. The van der Waals surface area contributed by atoms with E-state index < -0.39 is 11.7 Å². The van der Waals surface area contributed by atoms with Crippen LogP contribution in [0.25, 0.3) is 0 Å². The zero-order valence-electron chi connectivity index (χ0n) is 11.2. The Morgan fingerprint density at radius 1 is 1.10 bits per heavy atom. The van der Waals surface area contributed by atoms with Gasteiger partial charge in [-0.3, -0.25) is 4.79 Å². The molecule has 2 aromatic carbocycles. The molecule has 2 aromatic rings. The number of hydrogen-bond donors (Lipinski definition) is 0. The quantitative estimate of drug-likeness (QED) is 0.754. The van der Waals surface area contributed by atoms with Crippen molar-refractivity contribution >= 4 is 5.78 Å². The van der Waals surface area contributed by atoms with Gasteiger partial charge in [-0.05, 0) is 35.6 Å². The average Bonchev–Trinajstić information content (AvgIpc) is 2.44. The number of fused-ring (bicyclic) bond motifs is 1. The number of Topliss-reactive ketones (excluding diaryl/α,β-unsaturated/α-hetero) is 1. The van der Waals surface area contributed by atoms with Crippen LogP contribution in [0.2, 0.25) is 0 Å². The van der Waals surface area contributed by atoms with Gasteiger partial charge in [0.1, 0.15) is 0 Å². The Morgan fingerprint density at radius 3 is 2.57 bits per heavy atom. The van der Waals surface area contributed by atoms with Gasteiger partial charge in [0.25, 0.3) is 0 Å². The molecule has 1 unspecified atom stereocenters. The van der Waals surface area contributed by atoms with Crippen molar-refractivity contribution in [1.82, 2.24) is 0 Å². The van der Waals surface area contributed by atoms with Crippen molar-refractivity contribution in [3.8, 4) is 0 Å². The summed E-state index contributed by atoms with van der Waals surface area (Å²) >= 11 is 0. The summed E-state index contributed by atoms with van der Waals surface area (Å²) in [6.45, 7) is 0. The number of carbonyl (C=O) groups excluding carboxylic acids is 1. The number of ketones is 1. The fourth-order valence-corrected chi connectivity index (χ4v) is 2.76. The van der Waals surface area contributed by atoms with Crippen LogP contribution in [0, 0.1) is 0 Å². The Labute approximate surface area is 120 Å². The lowest BCUT2D eigenvalue weighted by molar-refractivity contribution is -0.137. The van der Waals surface area contributed by atoms with Gasteiger partial charge in [-0.1, -0.05) is 36.4 Å². The van der Waals surface area contributed by atoms with Crippen LogP contribution in [0.1, 0.15) is 39.4 Å². The molecule has 108 valence electrons. The summed E-state index contributed by atoms with van der Waals surface area (Å²) in [5, 5.41) is 0. The lowest BCUT2D eigenvalue weighted by atomic mass is 9.74. The Bertz CT molecular complexity index is 688. The summed E-state index contributed by atoms with van der Waals surface area (Å²) in [4.78, 5) is 12.2. The molecule has 0 saturated carbocycles. The molecule has 0 amide bonds. The summed E-state index contributed by atoms with van der Waals surface area (Å²) in [6.07, 6.45) is -3.33. The second kappa shape index (κ2) is 5.02. The maximum Gasteiger partial charge on any atom is 0.416 e. The number of alkyl halides is 3. The minimum absolute atomic E-state index is 0.128. The van der Waals surface area contributed by atoms with Crippen LogP contribution in [-0.4, -0.2) is 5.78 Å². The van der Waals surface area contributed by atoms with E-state index in [4.69, 9.17) is 0 Å². The van der Waals surface area contributed by atoms with E-state index in [1.54, 1.807) is 0 Å². The molecular formula is C17H13F3O. The molecule has 1 nitrogen and oxygen atoms in total. The highest BCUT2D eigenvalue weighted by atomic mass is 19.4. The topological polar surface area (TPSA) is 17.1 Å². The third-order valence-electron chi connectivity index (χ3n) is 3.90. The Hall–Kier alpha value is -2.10. The van der Waals surface area contributed by atoms with Gasteiger partial charge >= 0.3 is 6.18 Å². The first-order valence-corrected chi connectivity index (χ1v) is 6.73. The Balaban J connectivity index is 1.76. The van der Waals surface area contributed by atoms with Gasteiger partial charge in [0, 0.05) is 12.0 Å². The first-order chi connectivity index (χ1) is 9.95. The van der Waals surface area contributed by atoms with Gasteiger partial charge < -0.3 is 0 Å².